The lowest BCUT2D eigenvalue weighted by atomic mass is 9.97. The van der Waals surface area contributed by atoms with Crippen molar-refractivity contribution >= 4 is 28.2 Å². The van der Waals surface area contributed by atoms with E-state index in [9.17, 15) is 14.4 Å². The molecule has 156 valence electrons. The smallest absolute Gasteiger partial charge is 0.341 e. The topological polar surface area (TPSA) is 77.4 Å². The third kappa shape index (κ3) is 4.21. The molecule has 0 spiro atoms. The number of aryl methyl sites for hydroxylation is 4. The van der Waals surface area contributed by atoms with Crippen LogP contribution in [0.1, 0.15) is 31.9 Å². The molecule has 1 N–H and O–H groups in total. The molecule has 0 aliphatic heterocycles. The highest BCUT2D eigenvalue weighted by molar-refractivity contribution is 7.17. The molecule has 2 heterocycles. The van der Waals surface area contributed by atoms with Gasteiger partial charge in [0.15, 0.2) is 0 Å². The Morgan fingerprint density at radius 1 is 1.07 bits per heavy atom. The molecule has 3 aromatic rings. The Morgan fingerprint density at radius 3 is 2.47 bits per heavy atom. The third-order valence-electron chi connectivity index (χ3n) is 5.05. The minimum Gasteiger partial charge on any atom is -0.465 e. The van der Waals surface area contributed by atoms with Gasteiger partial charge in [-0.3, -0.25) is 9.59 Å². The van der Waals surface area contributed by atoms with E-state index in [0.29, 0.717) is 16.1 Å². The van der Waals surface area contributed by atoms with E-state index in [1.807, 2.05) is 39.0 Å². The lowest BCUT2D eigenvalue weighted by molar-refractivity contribution is -0.116. The van der Waals surface area contributed by atoms with Crippen molar-refractivity contribution in [3.8, 4) is 11.1 Å². The molecule has 7 heteroatoms. The summed E-state index contributed by atoms with van der Waals surface area (Å²) in [7, 11) is 1.32. The number of esters is 1. The fraction of sp³-hybridized carbons (Fsp3) is 0.261. The van der Waals surface area contributed by atoms with Gasteiger partial charge in [-0.2, -0.15) is 0 Å². The summed E-state index contributed by atoms with van der Waals surface area (Å²) < 4.78 is 6.34. The van der Waals surface area contributed by atoms with Gasteiger partial charge in [-0.15, -0.1) is 11.3 Å². The first-order chi connectivity index (χ1) is 14.2. The van der Waals surface area contributed by atoms with Gasteiger partial charge >= 0.3 is 5.97 Å². The maximum Gasteiger partial charge on any atom is 0.341 e. The summed E-state index contributed by atoms with van der Waals surface area (Å²) in [5.41, 5.74) is 4.57. The number of rotatable bonds is 5. The number of ether oxygens (including phenoxy) is 1. The van der Waals surface area contributed by atoms with Gasteiger partial charge in [0.25, 0.3) is 5.56 Å². The summed E-state index contributed by atoms with van der Waals surface area (Å²) in [5.74, 6) is -0.906. The highest BCUT2D eigenvalue weighted by Crippen LogP contribution is 2.40. The average Bonchev–Trinajstić information content (AvgIpc) is 3.02. The Hall–Kier alpha value is -3.19. The van der Waals surface area contributed by atoms with Crippen molar-refractivity contribution < 1.29 is 14.3 Å². The second kappa shape index (κ2) is 8.67. The number of aromatic nitrogens is 1. The van der Waals surface area contributed by atoms with Gasteiger partial charge in [0.1, 0.15) is 17.1 Å². The van der Waals surface area contributed by atoms with Gasteiger partial charge in [-0.05, 0) is 50.5 Å². The van der Waals surface area contributed by atoms with Crippen LogP contribution in [-0.2, 0) is 16.1 Å². The van der Waals surface area contributed by atoms with E-state index < -0.39 is 5.97 Å². The van der Waals surface area contributed by atoms with Crippen LogP contribution in [-0.4, -0.2) is 23.6 Å². The third-order valence-corrected chi connectivity index (χ3v) is 6.07. The summed E-state index contributed by atoms with van der Waals surface area (Å²) in [6.07, 6.45) is 1.57. The van der Waals surface area contributed by atoms with Crippen LogP contribution >= 0.6 is 11.3 Å². The van der Waals surface area contributed by atoms with Gasteiger partial charge in [0.05, 0.1) is 7.11 Å². The number of thiophene rings is 1. The summed E-state index contributed by atoms with van der Waals surface area (Å²) in [6.45, 7) is 7.50. The molecule has 0 saturated heterocycles. The van der Waals surface area contributed by atoms with Gasteiger partial charge in [0.2, 0.25) is 5.91 Å². The molecular formula is C23H24N2O4S. The van der Waals surface area contributed by atoms with E-state index in [1.165, 1.54) is 23.0 Å². The number of nitrogens with one attached hydrogen (secondary N) is 1. The summed E-state index contributed by atoms with van der Waals surface area (Å²) >= 11 is 1.32. The number of methoxy groups -OCH3 is 1. The van der Waals surface area contributed by atoms with E-state index in [4.69, 9.17) is 4.74 Å². The zero-order valence-corrected chi connectivity index (χ0v) is 18.5. The van der Waals surface area contributed by atoms with E-state index >= 15 is 0 Å². The number of nitrogens with zero attached hydrogens (tertiary/aromatic N) is 1. The molecule has 0 unspecified atom stereocenters. The average molecular weight is 425 g/mol. The number of benzene rings is 1. The molecule has 6 nitrogen and oxygen atoms in total. The second-order valence-electron chi connectivity index (χ2n) is 7.20. The first-order valence-electron chi connectivity index (χ1n) is 9.48. The number of hydrogen-bond acceptors (Lipinski definition) is 5. The quantitative estimate of drug-likeness (QED) is 0.622. The Morgan fingerprint density at radius 2 is 1.80 bits per heavy atom. The monoisotopic (exact) mass is 424 g/mol. The lowest BCUT2D eigenvalue weighted by Crippen LogP contribution is -2.28. The summed E-state index contributed by atoms with van der Waals surface area (Å²) in [6, 6.07) is 9.41. The summed E-state index contributed by atoms with van der Waals surface area (Å²) in [4.78, 5) is 38.3. The SMILES string of the molecule is COC(=O)c1c(NC(=O)Cn2cccc(C)c2=O)sc(C)c1-c1ccc(C)c(C)c1. The number of pyridine rings is 1. The highest BCUT2D eigenvalue weighted by atomic mass is 32.1. The Labute approximate surface area is 179 Å². The van der Waals surface area contributed by atoms with Crippen LogP contribution in [0.2, 0.25) is 0 Å². The minimum absolute atomic E-state index is 0.142. The highest BCUT2D eigenvalue weighted by Gasteiger charge is 2.25. The molecule has 0 bridgehead atoms. The van der Waals surface area contributed by atoms with E-state index in [2.05, 4.69) is 5.32 Å². The van der Waals surface area contributed by atoms with Crippen molar-refractivity contribution in [2.75, 3.05) is 12.4 Å². The fourth-order valence-corrected chi connectivity index (χ4v) is 4.36. The first kappa shape index (κ1) is 21.5. The largest absolute Gasteiger partial charge is 0.465 e. The van der Waals surface area contributed by atoms with Crippen molar-refractivity contribution in [1.29, 1.82) is 0 Å². The standard InChI is InChI=1S/C23H24N2O4S/c1-13-8-9-17(11-15(13)3)19-16(4)30-21(20(19)23(28)29-5)24-18(26)12-25-10-6-7-14(2)22(25)27/h6-11H,12H2,1-5H3,(H,24,26). The normalized spacial score (nSPS) is 10.7. The molecule has 0 saturated carbocycles. The van der Waals surface area contributed by atoms with Gasteiger partial charge < -0.3 is 14.6 Å². The van der Waals surface area contributed by atoms with Crippen molar-refractivity contribution in [3.05, 3.63) is 74.0 Å². The molecule has 3 rings (SSSR count). The molecule has 30 heavy (non-hydrogen) atoms. The number of carbonyl (C=O) groups excluding carboxylic acids is 2. The van der Waals surface area contributed by atoms with Crippen molar-refractivity contribution in [3.63, 3.8) is 0 Å². The molecule has 2 aromatic heterocycles. The van der Waals surface area contributed by atoms with Gasteiger partial charge in [-0.1, -0.05) is 24.3 Å². The van der Waals surface area contributed by atoms with Crippen LogP contribution < -0.4 is 10.9 Å². The maximum absolute atomic E-state index is 12.6. The lowest BCUT2D eigenvalue weighted by Gasteiger charge is -2.10. The molecule has 0 fully saturated rings. The van der Waals surface area contributed by atoms with Crippen LogP contribution in [0.25, 0.3) is 11.1 Å². The van der Waals surface area contributed by atoms with E-state index in [-0.39, 0.29) is 18.0 Å². The van der Waals surface area contributed by atoms with Crippen molar-refractivity contribution in [2.45, 2.75) is 34.2 Å². The van der Waals surface area contributed by atoms with Crippen LogP contribution in [0.3, 0.4) is 0 Å². The first-order valence-corrected chi connectivity index (χ1v) is 10.3. The zero-order valence-electron chi connectivity index (χ0n) is 17.7. The summed E-state index contributed by atoms with van der Waals surface area (Å²) in [5, 5.41) is 3.21. The number of hydrogen-bond donors (Lipinski definition) is 1. The molecular weight excluding hydrogens is 400 g/mol. The number of carbonyl (C=O) groups is 2. The molecule has 1 aromatic carbocycles. The Kier molecular flexibility index (Phi) is 6.22. The Balaban J connectivity index is 1.99. The predicted octanol–water partition coefficient (Wildman–Crippen LogP) is 4.24. The van der Waals surface area contributed by atoms with E-state index in [1.54, 1.807) is 25.3 Å². The molecule has 0 aliphatic carbocycles. The number of anilines is 1. The van der Waals surface area contributed by atoms with Gasteiger partial charge in [-0.25, -0.2) is 4.79 Å². The zero-order chi connectivity index (χ0) is 22.0. The maximum atomic E-state index is 12.6. The van der Waals surface area contributed by atoms with Crippen LogP contribution in [0.15, 0.2) is 41.3 Å². The minimum atomic E-state index is -0.518. The van der Waals surface area contributed by atoms with Crippen LogP contribution in [0, 0.1) is 27.7 Å². The predicted molar refractivity (Wildman–Crippen MR) is 119 cm³/mol. The molecule has 0 aliphatic rings. The fourth-order valence-electron chi connectivity index (χ4n) is 3.28. The van der Waals surface area contributed by atoms with Gasteiger partial charge in [0, 0.05) is 22.2 Å². The second-order valence-corrected chi connectivity index (χ2v) is 8.43. The van der Waals surface area contributed by atoms with Crippen LogP contribution in [0.5, 0.6) is 0 Å². The molecule has 0 radical (unpaired) electrons. The molecule has 0 atom stereocenters. The number of amides is 1. The van der Waals surface area contributed by atoms with Crippen molar-refractivity contribution in [1.82, 2.24) is 4.57 Å². The van der Waals surface area contributed by atoms with Crippen molar-refractivity contribution in [2.24, 2.45) is 0 Å². The van der Waals surface area contributed by atoms with Crippen LogP contribution in [0.4, 0.5) is 5.00 Å². The Bertz CT molecular complexity index is 1190. The van der Waals surface area contributed by atoms with E-state index in [0.717, 1.165) is 27.1 Å². The molecule has 1 amide bonds.